The van der Waals surface area contributed by atoms with Gasteiger partial charge in [-0.15, -0.1) is 0 Å². The Balaban J connectivity index is 1.33. The van der Waals surface area contributed by atoms with Crippen molar-refractivity contribution in [1.82, 2.24) is 20.6 Å². The number of hydrogen-bond donors (Lipinski definition) is 2. The molecule has 3 heterocycles. The Kier molecular flexibility index (Phi) is 3.54. The molecule has 1 saturated carbocycles. The first-order valence-electron chi connectivity index (χ1n) is 8.05. The van der Waals surface area contributed by atoms with Gasteiger partial charge in [-0.1, -0.05) is 12.8 Å². The third kappa shape index (κ3) is 2.83. The van der Waals surface area contributed by atoms with Crippen molar-refractivity contribution in [2.75, 3.05) is 37.6 Å². The van der Waals surface area contributed by atoms with Gasteiger partial charge in [0.15, 0.2) is 0 Å². The zero-order valence-corrected chi connectivity index (χ0v) is 12.6. The van der Waals surface area contributed by atoms with Crippen molar-refractivity contribution in [2.24, 2.45) is 5.92 Å². The second-order valence-corrected chi connectivity index (χ2v) is 6.43. The number of aromatic nitrogens is 2. The summed E-state index contributed by atoms with van der Waals surface area (Å²) >= 11 is 0. The van der Waals surface area contributed by atoms with Crippen molar-refractivity contribution >= 4 is 11.9 Å². The number of rotatable bonds is 5. The van der Waals surface area contributed by atoms with Gasteiger partial charge in [-0.25, -0.2) is 9.97 Å². The summed E-state index contributed by atoms with van der Waals surface area (Å²) < 4.78 is 0. The quantitative estimate of drug-likeness (QED) is 0.784. The third-order valence-corrected chi connectivity index (χ3v) is 4.66. The Labute approximate surface area is 130 Å². The molecule has 0 aromatic carbocycles. The minimum atomic E-state index is -0.0709. The van der Waals surface area contributed by atoms with Gasteiger partial charge in [-0.05, 0) is 23.5 Å². The minimum absolute atomic E-state index is 0.0709. The van der Waals surface area contributed by atoms with Crippen LogP contribution in [0, 0.1) is 5.92 Å². The molecule has 6 nitrogen and oxygen atoms in total. The molecule has 1 aliphatic carbocycles. The van der Waals surface area contributed by atoms with Crippen LogP contribution in [-0.4, -0.2) is 48.6 Å². The van der Waals surface area contributed by atoms with E-state index < -0.39 is 0 Å². The van der Waals surface area contributed by atoms with Crippen LogP contribution in [0.1, 0.15) is 29.6 Å². The molecule has 6 heteroatoms. The predicted octanol–water partition coefficient (Wildman–Crippen LogP) is 0.726. The first-order valence-corrected chi connectivity index (χ1v) is 8.05. The van der Waals surface area contributed by atoms with Crippen molar-refractivity contribution in [1.29, 1.82) is 0 Å². The summed E-state index contributed by atoms with van der Waals surface area (Å²) in [5.41, 5.74) is 3.47. The fourth-order valence-electron chi connectivity index (χ4n) is 3.11. The maximum absolute atomic E-state index is 12.0. The van der Waals surface area contributed by atoms with Crippen LogP contribution in [0.5, 0.6) is 0 Å². The number of carbonyl (C=O) groups is 1. The second kappa shape index (κ2) is 5.68. The number of carbonyl (C=O) groups excluding carboxylic acids is 1. The van der Waals surface area contributed by atoms with Gasteiger partial charge in [0, 0.05) is 45.1 Å². The van der Waals surface area contributed by atoms with E-state index in [1.807, 2.05) is 0 Å². The van der Waals surface area contributed by atoms with E-state index in [1.54, 1.807) is 12.4 Å². The van der Waals surface area contributed by atoms with Crippen LogP contribution in [-0.2, 0) is 0 Å². The molecule has 0 bridgehead atoms. The lowest BCUT2D eigenvalue weighted by atomic mass is 10.2. The zero-order valence-electron chi connectivity index (χ0n) is 12.6. The fourth-order valence-corrected chi connectivity index (χ4v) is 3.11. The molecule has 3 aliphatic rings. The van der Waals surface area contributed by atoms with Gasteiger partial charge in [-0.3, -0.25) is 4.79 Å². The van der Waals surface area contributed by atoms with E-state index in [-0.39, 0.29) is 5.91 Å². The summed E-state index contributed by atoms with van der Waals surface area (Å²) in [6.07, 6.45) is 6.99. The molecule has 0 radical (unpaired) electrons. The highest BCUT2D eigenvalue weighted by Gasteiger charge is 2.26. The van der Waals surface area contributed by atoms with Crippen LogP contribution in [0.3, 0.4) is 0 Å². The van der Waals surface area contributed by atoms with Gasteiger partial charge >= 0.3 is 0 Å². The molecular weight excluding hydrogens is 278 g/mol. The summed E-state index contributed by atoms with van der Waals surface area (Å²) in [5.74, 6) is 1.47. The molecule has 2 N–H and O–H groups in total. The van der Waals surface area contributed by atoms with E-state index in [0.29, 0.717) is 11.5 Å². The Hall–Kier alpha value is -1.95. The van der Waals surface area contributed by atoms with Gasteiger partial charge in [0.1, 0.15) is 0 Å². The van der Waals surface area contributed by atoms with E-state index in [0.717, 1.165) is 45.1 Å². The van der Waals surface area contributed by atoms with E-state index in [2.05, 4.69) is 25.5 Å². The molecule has 22 heavy (non-hydrogen) atoms. The highest BCUT2D eigenvalue weighted by Crippen LogP contribution is 2.31. The van der Waals surface area contributed by atoms with Crippen LogP contribution >= 0.6 is 0 Å². The van der Waals surface area contributed by atoms with Crippen molar-refractivity contribution in [3.05, 3.63) is 29.1 Å². The van der Waals surface area contributed by atoms with Gasteiger partial charge in [-0.2, -0.15) is 0 Å². The molecule has 116 valence electrons. The topological polar surface area (TPSA) is 70.2 Å². The molecule has 0 atom stereocenters. The number of anilines is 1. The average molecular weight is 299 g/mol. The Bertz CT molecular complexity index is 589. The summed E-state index contributed by atoms with van der Waals surface area (Å²) in [5, 5.41) is 6.30. The largest absolute Gasteiger partial charge is 0.352 e. The summed E-state index contributed by atoms with van der Waals surface area (Å²) in [6.45, 7) is 4.51. The summed E-state index contributed by atoms with van der Waals surface area (Å²) in [6, 6.07) is 0. The van der Waals surface area contributed by atoms with E-state index >= 15 is 0 Å². The second-order valence-electron chi connectivity index (χ2n) is 6.43. The van der Waals surface area contributed by atoms with Crippen LogP contribution in [0.2, 0.25) is 0 Å². The standard InChI is InChI=1S/C16H21N5O/c22-15(18-4-3-11-1-2-11)12-7-19-16(20-8-12)21-9-13-5-17-6-14(13)10-21/h7-8,11,17H,1-6,9-10H2,(H,18,22). The molecule has 1 aromatic rings. The Morgan fingerprint density at radius 3 is 2.55 bits per heavy atom. The zero-order chi connectivity index (χ0) is 14.9. The summed E-state index contributed by atoms with van der Waals surface area (Å²) in [4.78, 5) is 22.9. The van der Waals surface area contributed by atoms with Crippen LogP contribution in [0.25, 0.3) is 0 Å². The van der Waals surface area contributed by atoms with Gasteiger partial charge in [0.2, 0.25) is 5.95 Å². The molecule has 1 aromatic heterocycles. The monoisotopic (exact) mass is 299 g/mol. The number of nitrogens with zero attached hydrogens (tertiary/aromatic N) is 3. The first-order chi connectivity index (χ1) is 10.8. The smallest absolute Gasteiger partial charge is 0.254 e. The maximum Gasteiger partial charge on any atom is 0.254 e. The molecule has 0 unspecified atom stereocenters. The van der Waals surface area contributed by atoms with E-state index in [1.165, 1.54) is 24.0 Å². The van der Waals surface area contributed by atoms with Crippen LogP contribution < -0.4 is 15.5 Å². The van der Waals surface area contributed by atoms with Gasteiger partial charge < -0.3 is 15.5 Å². The van der Waals surface area contributed by atoms with Gasteiger partial charge in [0.25, 0.3) is 5.91 Å². The van der Waals surface area contributed by atoms with Crippen molar-refractivity contribution in [2.45, 2.75) is 19.3 Å². The van der Waals surface area contributed by atoms with Gasteiger partial charge in [0.05, 0.1) is 5.56 Å². The first kappa shape index (κ1) is 13.7. The lowest BCUT2D eigenvalue weighted by Crippen LogP contribution is -2.29. The van der Waals surface area contributed by atoms with Crippen LogP contribution in [0.4, 0.5) is 5.95 Å². The van der Waals surface area contributed by atoms with E-state index in [9.17, 15) is 4.79 Å². The average Bonchev–Trinajstić information content (AvgIpc) is 3.10. The van der Waals surface area contributed by atoms with E-state index in [4.69, 9.17) is 0 Å². The highest BCUT2D eigenvalue weighted by atomic mass is 16.1. The van der Waals surface area contributed by atoms with Crippen molar-refractivity contribution in [3.63, 3.8) is 0 Å². The lowest BCUT2D eigenvalue weighted by Gasteiger charge is -2.18. The fraction of sp³-hybridized carbons (Fsp3) is 0.562. The number of amides is 1. The maximum atomic E-state index is 12.0. The van der Waals surface area contributed by atoms with Crippen molar-refractivity contribution < 1.29 is 4.79 Å². The summed E-state index contributed by atoms with van der Waals surface area (Å²) in [7, 11) is 0. The molecule has 4 rings (SSSR count). The molecular formula is C16H21N5O. The normalized spacial score (nSPS) is 20.5. The lowest BCUT2D eigenvalue weighted by molar-refractivity contribution is 0.0952. The number of nitrogens with one attached hydrogen (secondary N) is 2. The predicted molar refractivity (Wildman–Crippen MR) is 83.8 cm³/mol. The molecule has 0 saturated heterocycles. The molecule has 2 aliphatic heterocycles. The third-order valence-electron chi connectivity index (χ3n) is 4.66. The number of hydrogen-bond acceptors (Lipinski definition) is 5. The van der Waals surface area contributed by atoms with Crippen LogP contribution in [0.15, 0.2) is 23.5 Å². The van der Waals surface area contributed by atoms with Crippen molar-refractivity contribution in [3.8, 4) is 0 Å². The molecule has 0 spiro atoms. The molecule has 1 amide bonds. The Morgan fingerprint density at radius 2 is 1.91 bits per heavy atom. The highest BCUT2D eigenvalue weighted by molar-refractivity contribution is 5.93. The SMILES string of the molecule is O=C(NCCC1CC1)c1cnc(N2CC3=C(CNC3)C2)nc1. The minimum Gasteiger partial charge on any atom is -0.352 e. The molecule has 1 fully saturated rings. The Morgan fingerprint density at radius 1 is 1.23 bits per heavy atom.